The largest absolute Gasteiger partial charge is 0.497 e. The van der Waals surface area contributed by atoms with Crippen molar-refractivity contribution in [1.29, 1.82) is 0 Å². The van der Waals surface area contributed by atoms with Gasteiger partial charge in [-0.05, 0) is 50.5 Å². The molecule has 2 heterocycles. The summed E-state index contributed by atoms with van der Waals surface area (Å²) in [7, 11) is 1.61. The predicted molar refractivity (Wildman–Crippen MR) is 94.3 cm³/mol. The molecule has 1 saturated heterocycles. The number of aryl methyl sites for hydroxylation is 1. The number of hydrogen-bond acceptors (Lipinski definition) is 4. The van der Waals surface area contributed by atoms with Crippen LogP contribution >= 0.6 is 0 Å². The fourth-order valence-corrected chi connectivity index (χ4v) is 3.59. The molecule has 134 valence electrons. The molecular formula is C19H25N3O3. The van der Waals surface area contributed by atoms with Crippen molar-refractivity contribution in [2.75, 3.05) is 13.7 Å². The highest BCUT2D eigenvalue weighted by atomic mass is 16.5. The summed E-state index contributed by atoms with van der Waals surface area (Å²) in [4.78, 5) is 14.6. The van der Waals surface area contributed by atoms with Crippen molar-refractivity contribution in [2.45, 2.75) is 44.8 Å². The number of benzene rings is 1. The van der Waals surface area contributed by atoms with Gasteiger partial charge < -0.3 is 14.7 Å². The number of aromatic nitrogens is 2. The molecule has 2 atom stereocenters. The first-order chi connectivity index (χ1) is 11.9. The Morgan fingerprint density at radius 3 is 2.76 bits per heavy atom. The Bertz CT molecular complexity index is 737. The molecule has 2 N–H and O–H groups in total. The maximum absolute atomic E-state index is 12.8. The molecule has 3 rings (SSSR count). The van der Waals surface area contributed by atoms with Crippen LogP contribution in [0.5, 0.6) is 5.75 Å². The van der Waals surface area contributed by atoms with Gasteiger partial charge >= 0.3 is 0 Å². The van der Waals surface area contributed by atoms with E-state index in [1.54, 1.807) is 18.9 Å². The fourth-order valence-electron chi connectivity index (χ4n) is 3.59. The van der Waals surface area contributed by atoms with Crippen LogP contribution in [0.15, 0.2) is 30.3 Å². The van der Waals surface area contributed by atoms with Crippen LogP contribution in [0.1, 0.15) is 36.7 Å². The Kier molecular flexibility index (Phi) is 4.81. The van der Waals surface area contributed by atoms with Crippen LogP contribution in [-0.4, -0.2) is 45.8 Å². The van der Waals surface area contributed by atoms with Gasteiger partial charge in [0.2, 0.25) is 5.91 Å². The number of nitrogens with one attached hydrogen (secondary N) is 1. The monoisotopic (exact) mass is 343 g/mol. The molecule has 0 spiro atoms. The lowest BCUT2D eigenvalue weighted by atomic mass is 9.86. The van der Waals surface area contributed by atoms with Gasteiger partial charge in [0.25, 0.3) is 0 Å². The standard InChI is InChI=1S/C19H25N3O3/c1-13-11-15(21-20-13)12-18(23)22-10-4-5-17(22)19(2,24)14-6-8-16(25-3)9-7-14/h6-9,11,17,24H,4-5,10,12H2,1-3H3,(H,20,21). The molecular weight excluding hydrogens is 318 g/mol. The second-order valence-corrected chi connectivity index (χ2v) is 6.84. The summed E-state index contributed by atoms with van der Waals surface area (Å²) in [6.45, 7) is 4.36. The van der Waals surface area contributed by atoms with Crippen LogP contribution in [0.25, 0.3) is 0 Å². The Balaban J connectivity index is 1.77. The maximum Gasteiger partial charge on any atom is 0.229 e. The lowest BCUT2D eigenvalue weighted by molar-refractivity contribution is -0.137. The van der Waals surface area contributed by atoms with Crippen molar-refractivity contribution in [2.24, 2.45) is 0 Å². The van der Waals surface area contributed by atoms with Gasteiger partial charge in [-0.25, -0.2) is 0 Å². The topological polar surface area (TPSA) is 78.5 Å². The summed E-state index contributed by atoms with van der Waals surface area (Å²) in [5.74, 6) is 0.746. The van der Waals surface area contributed by atoms with Crippen LogP contribution in [0, 0.1) is 6.92 Å². The number of methoxy groups -OCH3 is 1. The maximum atomic E-state index is 12.8. The van der Waals surface area contributed by atoms with Crippen molar-refractivity contribution in [3.05, 3.63) is 47.3 Å². The van der Waals surface area contributed by atoms with Gasteiger partial charge in [-0.2, -0.15) is 5.10 Å². The smallest absolute Gasteiger partial charge is 0.229 e. The first-order valence-corrected chi connectivity index (χ1v) is 8.59. The zero-order valence-corrected chi connectivity index (χ0v) is 15.0. The second-order valence-electron chi connectivity index (χ2n) is 6.84. The highest BCUT2D eigenvalue weighted by molar-refractivity contribution is 5.79. The summed E-state index contributed by atoms with van der Waals surface area (Å²) in [5.41, 5.74) is 1.34. The molecule has 1 aromatic carbocycles. The minimum Gasteiger partial charge on any atom is -0.497 e. The number of likely N-dealkylation sites (tertiary alicyclic amines) is 1. The van der Waals surface area contributed by atoms with E-state index in [9.17, 15) is 9.90 Å². The number of aromatic amines is 1. The Labute approximate surface area is 147 Å². The minimum atomic E-state index is -1.11. The van der Waals surface area contributed by atoms with Gasteiger partial charge in [0.05, 0.1) is 25.3 Å². The highest BCUT2D eigenvalue weighted by Gasteiger charge is 2.42. The first kappa shape index (κ1) is 17.5. The summed E-state index contributed by atoms with van der Waals surface area (Å²) in [6.07, 6.45) is 1.92. The molecule has 0 bridgehead atoms. The van der Waals surface area contributed by atoms with Gasteiger partial charge in [0, 0.05) is 12.2 Å². The lowest BCUT2D eigenvalue weighted by Crippen LogP contribution is -2.48. The summed E-state index contributed by atoms with van der Waals surface area (Å²) >= 11 is 0. The van der Waals surface area contributed by atoms with Crippen molar-refractivity contribution in [1.82, 2.24) is 15.1 Å². The Hall–Kier alpha value is -2.34. The average molecular weight is 343 g/mol. The van der Waals surface area contributed by atoms with Crippen LogP contribution in [0.4, 0.5) is 0 Å². The molecule has 1 aromatic heterocycles. The van der Waals surface area contributed by atoms with Crippen LogP contribution in [0.2, 0.25) is 0 Å². The number of hydrogen-bond donors (Lipinski definition) is 2. The number of H-pyrrole nitrogens is 1. The molecule has 6 heteroatoms. The fraction of sp³-hybridized carbons (Fsp3) is 0.474. The molecule has 1 aliphatic rings. The number of aliphatic hydroxyl groups is 1. The Morgan fingerprint density at radius 1 is 1.44 bits per heavy atom. The number of carbonyl (C=O) groups excluding carboxylic acids is 1. The van der Waals surface area contributed by atoms with Crippen LogP contribution in [0.3, 0.4) is 0 Å². The predicted octanol–water partition coefficient (Wildman–Crippen LogP) is 2.17. The lowest BCUT2D eigenvalue weighted by Gasteiger charge is -2.37. The van der Waals surface area contributed by atoms with Crippen molar-refractivity contribution in [3.8, 4) is 5.75 Å². The molecule has 2 unspecified atom stereocenters. The molecule has 1 fully saturated rings. The zero-order valence-electron chi connectivity index (χ0n) is 15.0. The summed E-state index contributed by atoms with van der Waals surface area (Å²) < 4.78 is 5.18. The van der Waals surface area contributed by atoms with Crippen molar-refractivity contribution in [3.63, 3.8) is 0 Å². The third-order valence-electron chi connectivity index (χ3n) is 4.99. The molecule has 1 aliphatic heterocycles. The molecule has 25 heavy (non-hydrogen) atoms. The zero-order chi connectivity index (χ0) is 18.0. The number of amides is 1. The highest BCUT2D eigenvalue weighted by Crippen LogP contribution is 2.35. The van der Waals surface area contributed by atoms with E-state index >= 15 is 0 Å². The Morgan fingerprint density at radius 2 is 2.16 bits per heavy atom. The molecule has 0 saturated carbocycles. The average Bonchev–Trinajstić information content (AvgIpc) is 3.24. The van der Waals surface area contributed by atoms with E-state index in [-0.39, 0.29) is 18.4 Å². The number of nitrogens with zero attached hydrogens (tertiary/aromatic N) is 2. The molecule has 6 nitrogen and oxygen atoms in total. The van der Waals surface area contributed by atoms with E-state index in [0.29, 0.717) is 6.54 Å². The van der Waals surface area contributed by atoms with Crippen molar-refractivity contribution >= 4 is 5.91 Å². The number of ether oxygens (including phenoxy) is 1. The number of rotatable bonds is 5. The van der Waals surface area contributed by atoms with Gasteiger partial charge in [0.15, 0.2) is 0 Å². The molecule has 1 amide bonds. The summed E-state index contributed by atoms with van der Waals surface area (Å²) in [6, 6.07) is 9.01. The second kappa shape index (κ2) is 6.88. The van der Waals surface area contributed by atoms with Gasteiger partial charge in [-0.15, -0.1) is 0 Å². The van der Waals surface area contributed by atoms with E-state index in [4.69, 9.17) is 4.74 Å². The third kappa shape index (κ3) is 3.54. The summed E-state index contributed by atoms with van der Waals surface area (Å²) in [5, 5.41) is 18.2. The quantitative estimate of drug-likeness (QED) is 0.872. The van der Waals surface area contributed by atoms with E-state index < -0.39 is 5.60 Å². The SMILES string of the molecule is COc1ccc(C(C)(O)C2CCCN2C(=O)Cc2cc(C)[nH]n2)cc1. The van der Waals surface area contributed by atoms with E-state index in [1.807, 2.05) is 37.3 Å². The van der Waals surface area contributed by atoms with Gasteiger partial charge in [-0.3, -0.25) is 9.89 Å². The van der Waals surface area contributed by atoms with Gasteiger partial charge in [0.1, 0.15) is 11.4 Å². The van der Waals surface area contributed by atoms with E-state index in [2.05, 4.69) is 10.2 Å². The van der Waals surface area contributed by atoms with Crippen LogP contribution < -0.4 is 4.74 Å². The first-order valence-electron chi connectivity index (χ1n) is 8.59. The van der Waals surface area contributed by atoms with E-state index in [0.717, 1.165) is 35.5 Å². The minimum absolute atomic E-state index is 0.00258. The third-order valence-corrected chi connectivity index (χ3v) is 4.99. The van der Waals surface area contributed by atoms with Gasteiger partial charge in [-0.1, -0.05) is 12.1 Å². The molecule has 2 aromatic rings. The van der Waals surface area contributed by atoms with Crippen molar-refractivity contribution < 1.29 is 14.6 Å². The van der Waals surface area contributed by atoms with Crippen LogP contribution in [-0.2, 0) is 16.8 Å². The number of carbonyl (C=O) groups is 1. The normalized spacial score (nSPS) is 19.7. The van der Waals surface area contributed by atoms with E-state index in [1.165, 1.54) is 0 Å². The molecule has 0 radical (unpaired) electrons. The molecule has 0 aliphatic carbocycles.